The fourth-order valence-corrected chi connectivity index (χ4v) is 2.89. The standard InChI is InChI=1S/C19H16O5/c1-2-21-14-6-3-12(4-7-14)18-15(10-22-19(18)20)13-5-8-16-17(9-13)24-11-23-16/h3-9H,2,10-11H2,1H3. The number of fused-ring (bicyclic) bond motifs is 1. The van der Waals surface area contributed by atoms with Crippen molar-refractivity contribution in [3.63, 3.8) is 0 Å². The maximum atomic E-state index is 12.2. The highest BCUT2D eigenvalue weighted by Crippen LogP contribution is 2.39. The molecule has 2 aliphatic rings. The monoisotopic (exact) mass is 324 g/mol. The highest BCUT2D eigenvalue weighted by Gasteiger charge is 2.28. The van der Waals surface area contributed by atoms with Gasteiger partial charge in [-0.3, -0.25) is 0 Å². The molecule has 0 spiro atoms. The number of ether oxygens (including phenoxy) is 4. The number of esters is 1. The Balaban J connectivity index is 1.75. The zero-order chi connectivity index (χ0) is 16.5. The molecule has 24 heavy (non-hydrogen) atoms. The average Bonchev–Trinajstić information content (AvgIpc) is 3.21. The molecular weight excluding hydrogens is 308 g/mol. The zero-order valence-corrected chi connectivity index (χ0v) is 13.2. The molecule has 5 nitrogen and oxygen atoms in total. The Morgan fingerprint density at radius 3 is 2.50 bits per heavy atom. The van der Waals surface area contributed by atoms with Gasteiger partial charge in [-0.05, 0) is 42.3 Å². The molecule has 2 aromatic rings. The highest BCUT2D eigenvalue weighted by atomic mass is 16.7. The van der Waals surface area contributed by atoms with Gasteiger partial charge in [0.25, 0.3) is 0 Å². The number of hydrogen-bond donors (Lipinski definition) is 0. The summed E-state index contributed by atoms with van der Waals surface area (Å²) in [7, 11) is 0. The third-order valence-corrected chi connectivity index (χ3v) is 4.03. The van der Waals surface area contributed by atoms with Crippen LogP contribution in [-0.4, -0.2) is 26.0 Å². The lowest BCUT2D eigenvalue weighted by molar-refractivity contribution is -0.133. The molecule has 0 saturated heterocycles. The van der Waals surface area contributed by atoms with Gasteiger partial charge in [0.05, 0.1) is 12.2 Å². The second kappa shape index (κ2) is 5.92. The molecule has 0 bridgehead atoms. The van der Waals surface area contributed by atoms with Crippen molar-refractivity contribution >= 4 is 17.1 Å². The van der Waals surface area contributed by atoms with Crippen molar-refractivity contribution in [2.75, 3.05) is 20.0 Å². The van der Waals surface area contributed by atoms with E-state index in [9.17, 15) is 4.79 Å². The van der Waals surface area contributed by atoms with Gasteiger partial charge in [-0.25, -0.2) is 4.79 Å². The predicted octanol–water partition coefficient (Wildman–Crippen LogP) is 3.28. The molecular formula is C19H16O5. The van der Waals surface area contributed by atoms with Crippen molar-refractivity contribution in [2.24, 2.45) is 0 Å². The number of benzene rings is 2. The van der Waals surface area contributed by atoms with Crippen LogP contribution in [-0.2, 0) is 9.53 Å². The summed E-state index contributed by atoms with van der Waals surface area (Å²) in [5.41, 5.74) is 3.14. The summed E-state index contributed by atoms with van der Waals surface area (Å²) < 4.78 is 21.5. The fraction of sp³-hybridized carbons (Fsp3) is 0.211. The minimum Gasteiger partial charge on any atom is -0.494 e. The molecule has 5 heteroatoms. The Bertz CT molecular complexity index is 820. The Morgan fingerprint density at radius 2 is 1.71 bits per heavy atom. The summed E-state index contributed by atoms with van der Waals surface area (Å²) in [5.74, 6) is 1.86. The molecule has 0 amide bonds. The van der Waals surface area contributed by atoms with Crippen molar-refractivity contribution in [1.29, 1.82) is 0 Å². The van der Waals surface area contributed by atoms with E-state index in [2.05, 4.69) is 0 Å². The summed E-state index contributed by atoms with van der Waals surface area (Å²) in [4.78, 5) is 12.2. The number of hydrogen-bond acceptors (Lipinski definition) is 5. The van der Waals surface area contributed by atoms with Gasteiger partial charge in [-0.1, -0.05) is 18.2 Å². The van der Waals surface area contributed by atoms with Gasteiger partial charge in [0.15, 0.2) is 11.5 Å². The topological polar surface area (TPSA) is 54.0 Å². The predicted molar refractivity (Wildman–Crippen MR) is 87.9 cm³/mol. The van der Waals surface area contributed by atoms with E-state index in [-0.39, 0.29) is 19.4 Å². The molecule has 0 radical (unpaired) electrons. The minimum atomic E-state index is -0.313. The van der Waals surface area contributed by atoms with Gasteiger partial charge in [0.2, 0.25) is 6.79 Å². The van der Waals surface area contributed by atoms with Gasteiger partial charge in [0, 0.05) is 5.57 Å². The van der Waals surface area contributed by atoms with Crippen molar-refractivity contribution in [1.82, 2.24) is 0 Å². The van der Waals surface area contributed by atoms with Crippen LogP contribution in [0.15, 0.2) is 42.5 Å². The van der Waals surface area contributed by atoms with Crippen LogP contribution in [0.5, 0.6) is 17.2 Å². The Labute approximate surface area is 139 Å². The van der Waals surface area contributed by atoms with E-state index in [1.807, 2.05) is 49.4 Å². The number of carbonyl (C=O) groups is 1. The lowest BCUT2D eigenvalue weighted by Crippen LogP contribution is -1.99. The first-order chi connectivity index (χ1) is 11.8. The van der Waals surface area contributed by atoms with Crippen LogP contribution in [0.25, 0.3) is 11.1 Å². The van der Waals surface area contributed by atoms with Crippen LogP contribution in [0, 0.1) is 0 Å². The van der Waals surface area contributed by atoms with E-state index < -0.39 is 0 Å². The summed E-state index contributed by atoms with van der Waals surface area (Å²) in [5, 5.41) is 0. The first kappa shape index (κ1) is 14.6. The van der Waals surface area contributed by atoms with Gasteiger partial charge >= 0.3 is 5.97 Å². The average molecular weight is 324 g/mol. The second-order valence-electron chi connectivity index (χ2n) is 5.46. The summed E-state index contributed by atoms with van der Waals surface area (Å²) in [6.45, 7) is 3.01. The molecule has 0 unspecified atom stereocenters. The largest absolute Gasteiger partial charge is 0.494 e. The highest BCUT2D eigenvalue weighted by molar-refractivity contribution is 6.27. The summed E-state index contributed by atoms with van der Waals surface area (Å²) >= 11 is 0. The molecule has 2 aliphatic heterocycles. The normalized spacial score (nSPS) is 15.6. The van der Waals surface area contributed by atoms with Gasteiger partial charge in [-0.15, -0.1) is 0 Å². The summed E-state index contributed by atoms with van der Waals surface area (Å²) in [6.07, 6.45) is 0. The molecule has 2 aromatic carbocycles. The van der Waals surface area contributed by atoms with E-state index in [0.29, 0.717) is 23.7 Å². The third-order valence-electron chi connectivity index (χ3n) is 4.03. The molecule has 0 N–H and O–H groups in total. The maximum Gasteiger partial charge on any atom is 0.339 e. The van der Waals surface area contributed by atoms with E-state index in [1.54, 1.807) is 0 Å². The first-order valence-corrected chi connectivity index (χ1v) is 7.80. The van der Waals surface area contributed by atoms with Crippen molar-refractivity contribution in [3.8, 4) is 17.2 Å². The third kappa shape index (κ3) is 2.48. The second-order valence-corrected chi connectivity index (χ2v) is 5.46. The molecule has 122 valence electrons. The molecule has 0 saturated carbocycles. The van der Waals surface area contributed by atoms with E-state index in [0.717, 1.165) is 22.4 Å². The molecule has 2 heterocycles. The Hall–Kier alpha value is -2.95. The van der Waals surface area contributed by atoms with Crippen LogP contribution in [0.2, 0.25) is 0 Å². The Morgan fingerprint density at radius 1 is 0.958 bits per heavy atom. The minimum absolute atomic E-state index is 0.221. The van der Waals surface area contributed by atoms with E-state index >= 15 is 0 Å². The van der Waals surface area contributed by atoms with E-state index in [1.165, 1.54) is 0 Å². The number of carbonyl (C=O) groups excluding carboxylic acids is 1. The van der Waals surface area contributed by atoms with Gasteiger partial charge in [0.1, 0.15) is 12.4 Å². The van der Waals surface area contributed by atoms with Crippen LogP contribution >= 0.6 is 0 Å². The van der Waals surface area contributed by atoms with Crippen LogP contribution in [0.4, 0.5) is 0 Å². The van der Waals surface area contributed by atoms with Crippen molar-refractivity contribution in [2.45, 2.75) is 6.92 Å². The van der Waals surface area contributed by atoms with Gasteiger partial charge < -0.3 is 18.9 Å². The van der Waals surface area contributed by atoms with Crippen LogP contribution < -0.4 is 14.2 Å². The van der Waals surface area contributed by atoms with Crippen molar-refractivity contribution in [3.05, 3.63) is 53.6 Å². The first-order valence-electron chi connectivity index (χ1n) is 7.80. The number of rotatable bonds is 4. The number of cyclic esters (lactones) is 1. The zero-order valence-electron chi connectivity index (χ0n) is 13.2. The lowest BCUT2D eigenvalue weighted by atomic mass is 9.96. The van der Waals surface area contributed by atoms with Crippen molar-refractivity contribution < 1.29 is 23.7 Å². The smallest absolute Gasteiger partial charge is 0.339 e. The molecule has 0 aromatic heterocycles. The van der Waals surface area contributed by atoms with E-state index in [4.69, 9.17) is 18.9 Å². The van der Waals surface area contributed by atoms with Crippen LogP contribution in [0.1, 0.15) is 18.1 Å². The molecule has 0 fully saturated rings. The fourth-order valence-electron chi connectivity index (χ4n) is 2.89. The quantitative estimate of drug-likeness (QED) is 0.808. The Kier molecular flexibility index (Phi) is 3.61. The van der Waals surface area contributed by atoms with Gasteiger partial charge in [-0.2, -0.15) is 0 Å². The summed E-state index contributed by atoms with van der Waals surface area (Å²) in [6, 6.07) is 13.1. The molecule has 4 rings (SSSR count). The molecule has 0 aliphatic carbocycles. The SMILES string of the molecule is CCOc1ccc(C2=C(c3ccc4c(c3)OCO4)COC2=O)cc1. The van der Waals surface area contributed by atoms with Crippen LogP contribution in [0.3, 0.4) is 0 Å². The lowest BCUT2D eigenvalue weighted by Gasteiger charge is -2.07. The maximum absolute atomic E-state index is 12.2. The molecule has 0 atom stereocenters.